The Hall–Kier alpha value is -0.0300. The number of carbonyl (C=O) groups excluding carboxylic acids is 1. The predicted molar refractivity (Wildman–Crippen MR) is 76.1 cm³/mol. The maximum atomic E-state index is 10.9. The lowest BCUT2D eigenvalue weighted by molar-refractivity contribution is -0.119. The molecule has 1 heterocycles. The SMILES string of the molecule is CCC1CCCCN1CCNC(=O)CN.Cl.Cl. The number of hydrogen-bond donors (Lipinski definition) is 2. The van der Waals surface area contributed by atoms with Gasteiger partial charge in [0.15, 0.2) is 0 Å². The minimum Gasteiger partial charge on any atom is -0.354 e. The van der Waals surface area contributed by atoms with E-state index in [0.717, 1.165) is 13.1 Å². The number of nitrogens with one attached hydrogen (secondary N) is 1. The molecule has 0 radical (unpaired) electrons. The zero-order valence-corrected chi connectivity index (χ0v) is 12.1. The van der Waals surface area contributed by atoms with Crippen molar-refractivity contribution in [1.29, 1.82) is 0 Å². The standard InChI is InChI=1S/C11H23N3O.2ClH/c1-2-10-5-3-4-7-14(10)8-6-13-11(15)9-12;;/h10H,2-9,12H2,1H3,(H,13,15);2*1H. The first-order valence-corrected chi connectivity index (χ1v) is 5.98. The number of likely N-dealkylation sites (tertiary alicyclic amines) is 1. The van der Waals surface area contributed by atoms with Crippen LogP contribution in [0.3, 0.4) is 0 Å². The summed E-state index contributed by atoms with van der Waals surface area (Å²) in [6, 6.07) is 0.716. The third-order valence-electron chi connectivity index (χ3n) is 3.13. The molecule has 6 heteroatoms. The zero-order valence-electron chi connectivity index (χ0n) is 10.5. The van der Waals surface area contributed by atoms with Gasteiger partial charge in [-0.3, -0.25) is 9.69 Å². The van der Waals surface area contributed by atoms with Crippen LogP contribution in [0.25, 0.3) is 0 Å². The Labute approximate surface area is 117 Å². The number of halogens is 2. The van der Waals surface area contributed by atoms with Gasteiger partial charge < -0.3 is 11.1 Å². The van der Waals surface area contributed by atoms with Crippen LogP contribution in [-0.2, 0) is 4.79 Å². The summed E-state index contributed by atoms with van der Waals surface area (Å²) in [7, 11) is 0. The second kappa shape index (κ2) is 11.1. The van der Waals surface area contributed by atoms with Gasteiger partial charge >= 0.3 is 0 Å². The first kappa shape index (κ1) is 19.3. The fourth-order valence-corrected chi connectivity index (χ4v) is 2.23. The normalized spacial score (nSPS) is 20.0. The molecular weight excluding hydrogens is 261 g/mol. The van der Waals surface area contributed by atoms with Crippen LogP contribution in [0.15, 0.2) is 0 Å². The van der Waals surface area contributed by atoms with Crippen molar-refractivity contribution >= 4 is 30.7 Å². The van der Waals surface area contributed by atoms with Crippen LogP contribution in [-0.4, -0.2) is 43.0 Å². The van der Waals surface area contributed by atoms with Crippen molar-refractivity contribution in [3.8, 4) is 0 Å². The molecule has 1 unspecified atom stereocenters. The van der Waals surface area contributed by atoms with Crippen LogP contribution < -0.4 is 11.1 Å². The number of hydrogen-bond acceptors (Lipinski definition) is 3. The summed E-state index contributed by atoms with van der Waals surface area (Å²) in [6.07, 6.45) is 5.16. The highest BCUT2D eigenvalue weighted by atomic mass is 35.5. The summed E-state index contributed by atoms with van der Waals surface area (Å²) in [6.45, 7) is 5.20. The lowest BCUT2D eigenvalue weighted by Gasteiger charge is -2.35. The summed E-state index contributed by atoms with van der Waals surface area (Å²) >= 11 is 0. The second-order valence-corrected chi connectivity index (χ2v) is 4.15. The van der Waals surface area contributed by atoms with Crippen LogP contribution in [0, 0.1) is 0 Å². The Morgan fingerprint density at radius 3 is 2.71 bits per heavy atom. The van der Waals surface area contributed by atoms with Crippen LogP contribution in [0.2, 0.25) is 0 Å². The molecule has 0 spiro atoms. The van der Waals surface area contributed by atoms with Gasteiger partial charge in [-0.15, -0.1) is 24.8 Å². The van der Waals surface area contributed by atoms with Gasteiger partial charge in [0.1, 0.15) is 0 Å². The Kier molecular flexibility index (Phi) is 12.6. The molecule has 0 aromatic carbocycles. The Balaban J connectivity index is 0. The van der Waals surface area contributed by atoms with Crippen LogP contribution >= 0.6 is 24.8 Å². The van der Waals surface area contributed by atoms with E-state index >= 15 is 0 Å². The predicted octanol–water partition coefficient (Wildman–Crippen LogP) is 1.17. The van der Waals surface area contributed by atoms with Crippen LogP contribution in [0.5, 0.6) is 0 Å². The van der Waals surface area contributed by atoms with E-state index in [0.29, 0.717) is 6.04 Å². The number of piperidine rings is 1. The quantitative estimate of drug-likeness (QED) is 0.797. The first-order valence-electron chi connectivity index (χ1n) is 5.98. The molecule has 1 rings (SSSR count). The molecule has 0 bridgehead atoms. The number of carbonyl (C=O) groups is 1. The van der Waals surface area contributed by atoms with Crippen molar-refractivity contribution in [3.63, 3.8) is 0 Å². The van der Waals surface area contributed by atoms with E-state index in [1.807, 2.05) is 0 Å². The highest BCUT2D eigenvalue weighted by Crippen LogP contribution is 2.18. The molecule has 1 aliphatic rings. The minimum absolute atomic E-state index is 0. The molecule has 0 saturated carbocycles. The maximum absolute atomic E-state index is 10.9. The Morgan fingerprint density at radius 2 is 2.12 bits per heavy atom. The molecule has 1 saturated heterocycles. The van der Waals surface area contributed by atoms with E-state index in [4.69, 9.17) is 5.73 Å². The van der Waals surface area contributed by atoms with E-state index in [9.17, 15) is 4.79 Å². The number of rotatable bonds is 5. The molecule has 3 N–H and O–H groups in total. The van der Waals surface area contributed by atoms with E-state index in [2.05, 4.69) is 17.1 Å². The largest absolute Gasteiger partial charge is 0.354 e. The smallest absolute Gasteiger partial charge is 0.233 e. The average Bonchev–Trinajstić information content (AvgIpc) is 2.29. The molecule has 0 aromatic heterocycles. The van der Waals surface area contributed by atoms with Gasteiger partial charge in [0, 0.05) is 19.1 Å². The van der Waals surface area contributed by atoms with Gasteiger partial charge in [-0.25, -0.2) is 0 Å². The zero-order chi connectivity index (χ0) is 11.1. The van der Waals surface area contributed by atoms with E-state index in [-0.39, 0.29) is 37.3 Å². The van der Waals surface area contributed by atoms with Crippen molar-refractivity contribution in [2.75, 3.05) is 26.2 Å². The second-order valence-electron chi connectivity index (χ2n) is 4.15. The summed E-state index contributed by atoms with van der Waals surface area (Å²) in [5.74, 6) is -0.0555. The summed E-state index contributed by atoms with van der Waals surface area (Å²) in [5, 5.41) is 2.82. The lowest BCUT2D eigenvalue weighted by atomic mass is 10.0. The van der Waals surface area contributed by atoms with Gasteiger partial charge in [-0.2, -0.15) is 0 Å². The van der Waals surface area contributed by atoms with Gasteiger partial charge in [0.05, 0.1) is 6.54 Å². The molecule has 1 fully saturated rings. The highest BCUT2D eigenvalue weighted by Gasteiger charge is 2.19. The number of nitrogens with two attached hydrogens (primary N) is 1. The number of nitrogens with zero attached hydrogens (tertiary/aromatic N) is 1. The van der Waals surface area contributed by atoms with Gasteiger partial charge in [0.2, 0.25) is 5.91 Å². The summed E-state index contributed by atoms with van der Waals surface area (Å²) < 4.78 is 0. The molecule has 1 amide bonds. The third kappa shape index (κ3) is 7.09. The summed E-state index contributed by atoms with van der Waals surface area (Å²) in [4.78, 5) is 13.4. The minimum atomic E-state index is -0.0555. The fraction of sp³-hybridized carbons (Fsp3) is 0.909. The van der Waals surface area contributed by atoms with E-state index in [1.165, 1.54) is 32.2 Å². The Morgan fingerprint density at radius 1 is 1.41 bits per heavy atom. The van der Waals surface area contributed by atoms with Crippen molar-refractivity contribution in [1.82, 2.24) is 10.2 Å². The fourth-order valence-electron chi connectivity index (χ4n) is 2.23. The van der Waals surface area contributed by atoms with E-state index in [1.54, 1.807) is 0 Å². The maximum Gasteiger partial charge on any atom is 0.233 e. The van der Waals surface area contributed by atoms with Crippen molar-refractivity contribution in [2.45, 2.75) is 38.6 Å². The topological polar surface area (TPSA) is 58.4 Å². The molecule has 0 aromatic rings. The monoisotopic (exact) mass is 285 g/mol. The molecule has 4 nitrogen and oxygen atoms in total. The van der Waals surface area contributed by atoms with Gasteiger partial charge in [0.25, 0.3) is 0 Å². The number of amides is 1. The van der Waals surface area contributed by atoms with E-state index < -0.39 is 0 Å². The molecule has 104 valence electrons. The van der Waals surface area contributed by atoms with Crippen molar-refractivity contribution in [2.24, 2.45) is 5.73 Å². The molecule has 1 atom stereocenters. The summed E-state index contributed by atoms with van der Waals surface area (Å²) in [5.41, 5.74) is 5.22. The molecule has 17 heavy (non-hydrogen) atoms. The van der Waals surface area contributed by atoms with Crippen molar-refractivity contribution < 1.29 is 4.79 Å². The van der Waals surface area contributed by atoms with Crippen molar-refractivity contribution in [3.05, 3.63) is 0 Å². The van der Waals surface area contributed by atoms with Crippen LogP contribution in [0.4, 0.5) is 0 Å². The van der Waals surface area contributed by atoms with Gasteiger partial charge in [-0.1, -0.05) is 13.3 Å². The lowest BCUT2D eigenvalue weighted by Crippen LogP contribution is -2.44. The molecule has 1 aliphatic heterocycles. The average molecular weight is 286 g/mol. The highest BCUT2D eigenvalue weighted by molar-refractivity contribution is 5.85. The van der Waals surface area contributed by atoms with Gasteiger partial charge in [-0.05, 0) is 25.8 Å². The third-order valence-corrected chi connectivity index (χ3v) is 3.13. The first-order chi connectivity index (χ1) is 7.27. The molecule has 0 aliphatic carbocycles. The Bertz CT molecular complexity index is 205. The molecular formula is C11H25Cl2N3O. The van der Waals surface area contributed by atoms with Crippen LogP contribution in [0.1, 0.15) is 32.6 Å².